The second-order valence-electron chi connectivity index (χ2n) is 6.30. The van der Waals surface area contributed by atoms with Gasteiger partial charge >= 0.3 is 0 Å². The van der Waals surface area contributed by atoms with Crippen molar-refractivity contribution in [2.45, 2.75) is 24.8 Å². The van der Waals surface area contributed by atoms with Crippen LogP contribution in [0.15, 0.2) is 54.6 Å². The van der Waals surface area contributed by atoms with Crippen LogP contribution in [-0.4, -0.2) is 30.8 Å². The van der Waals surface area contributed by atoms with Crippen LogP contribution < -0.4 is 10.1 Å². The Labute approximate surface area is 142 Å². The van der Waals surface area contributed by atoms with Gasteiger partial charge in [-0.3, -0.25) is 4.79 Å². The highest BCUT2D eigenvalue weighted by Gasteiger charge is 2.44. The maximum atomic E-state index is 12.4. The molecule has 1 fully saturated rings. The highest BCUT2D eigenvalue weighted by molar-refractivity contribution is 5.83. The van der Waals surface area contributed by atoms with Gasteiger partial charge < -0.3 is 15.2 Å². The molecule has 1 aliphatic rings. The van der Waals surface area contributed by atoms with Crippen LogP contribution in [0.2, 0.25) is 0 Å². The predicted octanol–water partition coefficient (Wildman–Crippen LogP) is 2.52. The first-order valence-electron chi connectivity index (χ1n) is 8.30. The summed E-state index contributed by atoms with van der Waals surface area (Å²) in [5.74, 6) is 1.08. The fourth-order valence-corrected chi connectivity index (χ4v) is 3.09. The third kappa shape index (κ3) is 3.95. The van der Waals surface area contributed by atoms with Gasteiger partial charge in [-0.15, -0.1) is 0 Å². The Morgan fingerprint density at radius 2 is 2.04 bits per heavy atom. The average molecular weight is 325 g/mol. The van der Waals surface area contributed by atoms with E-state index in [2.05, 4.69) is 5.32 Å². The number of rotatable bonds is 7. The summed E-state index contributed by atoms with van der Waals surface area (Å²) in [5.41, 5.74) is 2.25. The van der Waals surface area contributed by atoms with Gasteiger partial charge in [-0.2, -0.15) is 0 Å². The molecule has 1 amide bonds. The van der Waals surface area contributed by atoms with E-state index in [9.17, 15) is 9.90 Å². The number of hydrogen-bond acceptors (Lipinski definition) is 3. The van der Waals surface area contributed by atoms with Crippen molar-refractivity contribution < 1.29 is 14.6 Å². The Balaban J connectivity index is 1.57. The number of ether oxygens (including phenoxy) is 1. The van der Waals surface area contributed by atoms with Gasteiger partial charge in [0.05, 0.1) is 19.8 Å². The molecular weight excluding hydrogens is 302 g/mol. The summed E-state index contributed by atoms with van der Waals surface area (Å²) in [6.45, 7) is -0.0584. The minimum absolute atomic E-state index is 0.0121. The molecule has 0 saturated heterocycles. The lowest BCUT2D eigenvalue weighted by Gasteiger charge is -2.16. The molecule has 2 aromatic carbocycles. The molecule has 1 saturated carbocycles. The zero-order valence-electron chi connectivity index (χ0n) is 13.8. The Morgan fingerprint density at radius 1 is 1.25 bits per heavy atom. The number of benzene rings is 2. The lowest BCUT2D eigenvalue weighted by molar-refractivity contribution is -0.123. The molecule has 0 aliphatic heterocycles. The fraction of sp³-hybridized carbons (Fsp3) is 0.350. The molecule has 0 heterocycles. The van der Waals surface area contributed by atoms with Gasteiger partial charge in [-0.1, -0.05) is 42.5 Å². The van der Waals surface area contributed by atoms with E-state index in [-0.39, 0.29) is 30.4 Å². The van der Waals surface area contributed by atoms with Crippen LogP contribution in [0.3, 0.4) is 0 Å². The number of carbonyl (C=O) groups is 1. The molecule has 126 valence electrons. The van der Waals surface area contributed by atoms with Crippen molar-refractivity contribution in [1.82, 2.24) is 5.32 Å². The third-order valence-corrected chi connectivity index (χ3v) is 4.54. The van der Waals surface area contributed by atoms with Gasteiger partial charge in [0.15, 0.2) is 0 Å². The van der Waals surface area contributed by atoms with Gasteiger partial charge in [0.1, 0.15) is 5.75 Å². The predicted molar refractivity (Wildman–Crippen MR) is 93.0 cm³/mol. The molecule has 3 rings (SSSR count). The lowest BCUT2D eigenvalue weighted by Crippen LogP contribution is -2.40. The van der Waals surface area contributed by atoms with Crippen molar-refractivity contribution in [3.8, 4) is 5.75 Å². The quantitative estimate of drug-likeness (QED) is 0.822. The third-order valence-electron chi connectivity index (χ3n) is 4.54. The number of amides is 1. The van der Waals surface area contributed by atoms with Gasteiger partial charge in [0, 0.05) is 5.92 Å². The van der Waals surface area contributed by atoms with Crippen molar-refractivity contribution in [3.63, 3.8) is 0 Å². The molecule has 0 bridgehead atoms. The van der Waals surface area contributed by atoms with Crippen LogP contribution in [0.5, 0.6) is 5.75 Å². The highest BCUT2D eigenvalue weighted by Crippen LogP contribution is 2.48. The van der Waals surface area contributed by atoms with E-state index >= 15 is 0 Å². The average Bonchev–Trinajstić information content (AvgIpc) is 3.43. The van der Waals surface area contributed by atoms with Crippen molar-refractivity contribution in [3.05, 3.63) is 65.7 Å². The SMILES string of the molecule is COc1cccc(C2CC2C(=O)NC(CO)Cc2ccccc2)c1. The Kier molecular flexibility index (Phi) is 5.16. The van der Waals surface area contributed by atoms with E-state index < -0.39 is 0 Å². The summed E-state index contributed by atoms with van der Waals surface area (Å²) in [6, 6.07) is 17.5. The van der Waals surface area contributed by atoms with E-state index in [0.29, 0.717) is 6.42 Å². The number of nitrogens with one attached hydrogen (secondary N) is 1. The lowest BCUT2D eigenvalue weighted by atomic mass is 10.1. The Bertz CT molecular complexity index is 686. The number of carbonyl (C=O) groups excluding carboxylic acids is 1. The molecule has 3 unspecified atom stereocenters. The summed E-state index contributed by atoms with van der Waals surface area (Å²) in [6.07, 6.45) is 1.49. The number of hydrogen-bond donors (Lipinski definition) is 2. The zero-order valence-corrected chi connectivity index (χ0v) is 13.8. The molecule has 0 radical (unpaired) electrons. The van der Waals surface area contributed by atoms with E-state index in [0.717, 1.165) is 23.3 Å². The van der Waals surface area contributed by atoms with Crippen LogP contribution in [-0.2, 0) is 11.2 Å². The standard InChI is InChI=1S/C20H23NO3/c1-24-17-9-5-8-15(11-17)18-12-19(18)20(23)21-16(13-22)10-14-6-3-2-4-7-14/h2-9,11,16,18-19,22H,10,12-13H2,1H3,(H,21,23). The number of aliphatic hydroxyl groups is 1. The smallest absolute Gasteiger partial charge is 0.224 e. The summed E-state index contributed by atoms with van der Waals surface area (Å²) < 4.78 is 5.24. The van der Waals surface area contributed by atoms with Gasteiger partial charge in [0.2, 0.25) is 5.91 Å². The van der Waals surface area contributed by atoms with Crippen molar-refractivity contribution in [1.29, 1.82) is 0 Å². The van der Waals surface area contributed by atoms with E-state index in [4.69, 9.17) is 4.74 Å². The summed E-state index contributed by atoms with van der Waals surface area (Å²) >= 11 is 0. The van der Waals surface area contributed by atoms with Gasteiger partial charge in [-0.25, -0.2) is 0 Å². The molecule has 0 spiro atoms. The molecule has 3 atom stereocenters. The molecular formula is C20H23NO3. The number of aliphatic hydroxyl groups excluding tert-OH is 1. The van der Waals surface area contributed by atoms with Crippen LogP contribution in [0, 0.1) is 5.92 Å². The maximum absolute atomic E-state index is 12.4. The molecule has 2 N–H and O–H groups in total. The summed E-state index contributed by atoms with van der Waals surface area (Å²) in [4.78, 5) is 12.4. The second-order valence-corrected chi connectivity index (χ2v) is 6.30. The maximum Gasteiger partial charge on any atom is 0.224 e. The topological polar surface area (TPSA) is 58.6 Å². The molecule has 4 nitrogen and oxygen atoms in total. The summed E-state index contributed by atoms with van der Waals surface area (Å²) in [5, 5.41) is 12.5. The minimum Gasteiger partial charge on any atom is -0.497 e. The van der Waals surface area contributed by atoms with Crippen LogP contribution in [0.1, 0.15) is 23.5 Å². The zero-order chi connectivity index (χ0) is 16.9. The Morgan fingerprint density at radius 3 is 2.75 bits per heavy atom. The van der Waals surface area contributed by atoms with Crippen molar-refractivity contribution in [2.75, 3.05) is 13.7 Å². The largest absolute Gasteiger partial charge is 0.497 e. The molecule has 2 aromatic rings. The van der Waals surface area contributed by atoms with Crippen LogP contribution >= 0.6 is 0 Å². The van der Waals surface area contributed by atoms with Gasteiger partial charge in [-0.05, 0) is 42.0 Å². The fourth-order valence-electron chi connectivity index (χ4n) is 3.09. The monoisotopic (exact) mass is 325 g/mol. The summed E-state index contributed by atoms with van der Waals surface area (Å²) in [7, 11) is 1.64. The van der Waals surface area contributed by atoms with Crippen molar-refractivity contribution in [2.24, 2.45) is 5.92 Å². The van der Waals surface area contributed by atoms with Crippen LogP contribution in [0.4, 0.5) is 0 Å². The van der Waals surface area contributed by atoms with E-state index in [1.54, 1.807) is 7.11 Å². The molecule has 0 aromatic heterocycles. The van der Waals surface area contributed by atoms with Gasteiger partial charge in [0.25, 0.3) is 0 Å². The number of methoxy groups -OCH3 is 1. The first kappa shape index (κ1) is 16.5. The van der Waals surface area contributed by atoms with E-state index in [1.165, 1.54) is 0 Å². The van der Waals surface area contributed by atoms with Crippen molar-refractivity contribution >= 4 is 5.91 Å². The minimum atomic E-state index is -0.244. The molecule has 4 heteroatoms. The molecule has 24 heavy (non-hydrogen) atoms. The second kappa shape index (κ2) is 7.49. The highest BCUT2D eigenvalue weighted by atomic mass is 16.5. The molecule has 1 aliphatic carbocycles. The first-order valence-corrected chi connectivity index (χ1v) is 8.30. The van der Waals surface area contributed by atoms with E-state index in [1.807, 2.05) is 54.6 Å². The Hall–Kier alpha value is -2.33. The normalized spacial score (nSPS) is 20.2. The van der Waals surface area contributed by atoms with Crippen LogP contribution in [0.25, 0.3) is 0 Å². The first-order chi connectivity index (χ1) is 11.7.